The standard InChI is InChI=1S/C28H24N2O6S/c31-21-17-37(35)27-23(29-22(32)16-18-10-4-1-5-11-18)26(33)30(27)24(21)28(34)36-25(19-12-6-2-7-13-19)20-14-8-3-9-15-20/h1-15,23,25,27,31H,16-17H2,(H,29,32)/t23?,27-,37?/m1/s1. The lowest BCUT2D eigenvalue weighted by molar-refractivity contribution is -0.155. The highest BCUT2D eigenvalue weighted by atomic mass is 32.2. The van der Waals surface area contributed by atoms with E-state index in [1.165, 1.54) is 0 Å². The van der Waals surface area contributed by atoms with Gasteiger partial charge in [-0.25, -0.2) is 4.79 Å². The van der Waals surface area contributed by atoms with Crippen LogP contribution in [0.15, 0.2) is 102 Å². The van der Waals surface area contributed by atoms with E-state index in [1.54, 1.807) is 24.3 Å². The summed E-state index contributed by atoms with van der Waals surface area (Å²) in [7, 11) is 0. The van der Waals surface area contributed by atoms with Crippen LogP contribution in [0.4, 0.5) is 0 Å². The molecule has 2 heterocycles. The molecule has 3 aromatic rings. The van der Waals surface area contributed by atoms with Crippen molar-refractivity contribution < 1.29 is 28.8 Å². The minimum Gasteiger partial charge on any atom is -0.614 e. The Morgan fingerprint density at radius 2 is 1.51 bits per heavy atom. The number of fused-ring (bicyclic) bond motifs is 1. The summed E-state index contributed by atoms with van der Waals surface area (Å²) >= 11 is -1.72. The number of amides is 2. The van der Waals surface area contributed by atoms with Crippen LogP contribution in [0.5, 0.6) is 0 Å². The lowest BCUT2D eigenvalue weighted by atomic mass is 10.0. The van der Waals surface area contributed by atoms with Crippen LogP contribution in [0.3, 0.4) is 0 Å². The summed E-state index contributed by atoms with van der Waals surface area (Å²) in [4.78, 5) is 39.9. The minimum atomic E-state index is -1.72. The highest BCUT2D eigenvalue weighted by Gasteiger charge is 2.61. The molecule has 5 rings (SSSR count). The van der Waals surface area contributed by atoms with Gasteiger partial charge >= 0.3 is 5.97 Å². The molecule has 3 aromatic carbocycles. The molecule has 2 aliphatic rings. The van der Waals surface area contributed by atoms with Crippen molar-refractivity contribution in [1.82, 2.24) is 10.2 Å². The number of carbonyl (C=O) groups excluding carboxylic acids is 3. The third kappa shape index (κ3) is 4.96. The summed E-state index contributed by atoms with van der Waals surface area (Å²) in [5, 5.41) is 12.2. The summed E-state index contributed by atoms with van der Waals surface area (Å²) in [5.74, 6) is -2.77. The van der Waals surface area contributed by atoms with Gasteiger partial charge in [-0.15, -0.1) is 0 Å². The molecule has 0 radical (unpaired) electrons. The average molecular weight is 517 g/mol. The number of nitrogens with zero attached hydrogens (tertiary/aromatic N) is 1. The predicted octanol–water partition coefficient (Wildman–Crippen LogP) is 2.75. The molecule has 0 aromatic heterocycles. The van der Waals surface area contributed by atoms with E-state index in [-0.39, 0.29) is 17.9 Å². The van der Waals surface area contributed by atoms with Crippen molar-refractivity contribution in [2.45, 2.75) is 23.9 Å². The number of aliphatic hydroxyl groups is 1. The number of hydrogen-bond donors (Lipinski definition) is 2. The first-order valence-corrected chi connectivity index (χ1v) is 13.1. The summed E-state index contributed by atoms with van der Waals surface area (Å²) in [6.45, 7) is 0. The molecular weight excluding hydrogens is 492 g/mol. The maximum Gasteiger partial charge on any atom is 0.359 e. The van der Waals surface area contributed by atoms with Crippen LogP contribution in [0.1, 0.15) is 22.8 Å². The molecule has 1 saturated heterocycles. The second-order valence-electron chi connectivity index (χ2n) is 8.73. The van der Waals surface area contributed by atoms with E-state index in [4.69, 9.17) is 4.74 Å². The van der Waals surface area contributed by atoms with Gasteiger partial charge in [0.25, 0.3) is 5.91 Å². The Morgan fingerprint density at radius 1 is 0.973 bits per heavy atom. The molecule has 37 heavy (non-hydrogen) atoms. The number of esters is 1. The molecule has 0 saturated carbocycles. The van der Waals surface area contributed by atoms with E-state index >= 15 is 0 Å². The highest BCUT2D eigenvalue weighted by Crippen LogP contribution is 2.38. The molecule has 0 bridgehead atoms. The van der Waals surface area contributed by atoms with E-state index in [0.717, 1.165) is 10.5 Å². The summed E-state index contributed by atoms with van der Waals surface area (Å²) in [5.41, 5.74) is 1.83. The Balaban J connectivity index is 1.35. The average Bonchev–Trinajstić information content (AvgIpc) is 2.91. The van der Waals surface area contributed by atoms with Gasteiger partial charge in [-0.05, 0) is 27.9 Å². The van der Waals surface area contributed by atoms with Gasteiger partial charge in [0.1, 0.15) is 0 Å². The number of β-lactam (4-membered cyclic amide) rings is 1. The fourth-order valence-corrected chi connectivity index (χ4v) is 6.01. The zero-order valence-electron chi connectivity index (χ0n) is 19.7. The highest BCUT2D eigenvalue weighted by molar-refractivity contribution is 7.92. The third-order valence-corrected chi connectivity index (χ3v) is 7.83. The van der Waals surface area contributed by atoms with Crippen LogP contribution in [0.25, 0.3) is 0 Å². The zero-order valence-corrected chi connectivity index (χ0v) is 20.5. The second-order valence-corrected chi connectivity index (χ2v) is 10.3. The molecule has 0 spiro atoms. The van der Waals surface area contributed by atoms with Crippen molar-refractivity contribution in [2.75, 3.05) is 5.75 Å². The molecule has 9 heteroatoms. The summed E-state index contributed by atoms with van der Waals surface area (Å²) < 4.78 is 18.6. The number of rotatable bonds is 7. The van der Waals surface area contributed by atoms with Crippen molar-refractivity contribution in [2.24, 2.45) is 0 Å². The molecule has 2 N–H and O–H groups in total. The van der Waals surface area contributed by atoms with Crippen molar-refractivity contribution in [3.05, 3.63) is 119 Å². The lowest BCUT2D eigenvalue weighted by Crippen LogP contribution is -2.75. The Morgan fingerprint density at radius 3 is 2.08 bits per heavy atom. The van der Waals surface area contributed by atoms with Crippen molar-refractivity contribution in [1.29, 1.82) is 0 Å². The van der Waals surface area contributed by atoms with Gasteiger partial charge in [-0.2, -0.15) is 0 Å². The van der Waals surface area contributed by atoms with Crippen LogP contribution in [0, 0.1) is 0 Å². The zero-order chi connectivity index (χ0) is 25.9. The summed E-state index contributed by atoms with van der Waals surface area (Å²) in [6, 6.07) is 26.1. The molecule has 2 unspecified atom stereocenters. The van der Waals surface area contributed by atoms with E-state index in [0.29, 0.717) is 11.1 Å². The van der Waals surface area contributed by atoms with Crippen molar-refractivity contribution in [3.63, 3.8) is 0 Å². The van der Waals surface area contributed by atoms with Crippen LogP contribution < -0.4 is 5.32 Å². The maximum absolute atomic E-state index is 13.4. The van der Waals surface area contributed by atoms with Gasteiger partial charge in [0.2, 0.25) is 11.3 Å². The number of aliphatic hydroxyl groups excluding tert-OH is 1. The van der Waals surface area contributed by atoms with E-state index in [2.05, 4.69) is 5.32 Å². The second kappa shape index (κ2) is 10.5. The molecule has 8 nitrogen and oxygen atoms in total. The van der Waals surface area contributed by atoms with E-state index in [1.807, 2.05) is 66.7 Å². The smallest absolute Gasteiger partial charge is 0.359 e. The fraction of sp³-hybridized carbons (Fsp3) is 0.179. The molecule has 0 aliphatic carbocycles. The van der Waals surface area contributed by atoms with E-state index in [9.17, 15) is 24.0 Å². The molecule has 3 atom stereocenters. The van der Waals surface area contributed by atoms with Crippen LogP contribution in [-0.2, 0) is 36.7 Å². The number of hydrogen-bond acceptors (Lipinski definition) is 6. The molecule has 2 amide bonds. The number of benzene rings is 3. The van der Waals surface area contributed by atoms with Crippen molar-refractivity contribution >= 4 is 29.0 Å². The number of nitrogens with one attached hydrogen (secondary N) is 1. The minimum absolute atomic E-state index is 0.0514. The van der Waals surface area contributed by atoms with Crippen LogP contribution in [0.2, 0.25) is 0 Å². The van der Waals surface area contributed by atoms with Gasteiger partial charge < -0.3 is 19.7 Å². The Labute approximate surface area is 216 Å². The number of carbonyl (C=O) groups is 3. The Bertz CT molecular complexity index is 1290. The first-order valence-electron chi connectivity index (χ1n) is 11.7. The SMILES string of the molecule is O=C(Cc1ccccc1)NC1C(=O)N2C(C(=O)OC(c3ccccc3)c3ccccc3)=C(O)C[S+]([O-])[C@H]12. The topological polar surface area (TPSA) is 119 Å². The fourth-order valence-electron chi connectivity index (χ4n) is 4.50. The van der Waals surface area contributed by atoms with Gasteiger partial charge in [-0.1, -0.05) is 91.0 Å². The van der Waals surface area contributed by atoms with Gasteiger partial charge in [0.05, 0.1) is 6.42 Å². The molecule has 188 valence electrons. The van der Waals surface area contributed by atoms with Gasteiger partial charge in [-0.3, -0.25) is 14.5 Å². The van der Waals surface area contributed by atoms with Crippen LogP contribution >= 0.6 is 0 Å². The Hall–Kier alpha value is -4.08. The maximum atomic E-state index is 13.4. The van der Waals surface area contributed by atoms with Crippen molar-refractivity contribution in [3.8, 4) is 0 Å². The molecule has 1 fully saturated rings. The quantitative estimate of drug-likeness (QED) is 0.283. The third-order valence-electron chi connectivity index (χ3n) is 6.25. The van der Waals surface area contributed by atoms with Gasteiger partial charge in [0.15, 0.2) is 29.4 Å². The number of ether oxygens (including phenoxy) is 1. The van der Waals surface area contributed by atoms with Gasteiger partial charge in [0, 0.05) is 0 Å². The largest absolute Gasteiger partial charge is 0.614 e. The monoisotopic (exact) mass is 516 g/mol. The first kappa shape index (κ1) is 24.6. The predicted molar refractivity (Wildman–Crippen MR) is 136 cm³/mol. The first-order chi connectivity index (χ1) is 17.9. The normalized spacial score (nSPS) is 20.8. The lowest BCUT2D eigenvalue weighted by Gasteiger charge is -2.48. The summed E-state index contributed by atoms with van der Waals surface area (Å²) in [6.07, 6.45) is -0.741. The molecule has 2 aliphatic heterocycles. The van der Waals surface area contributed by atoms with E-state index < -0.39 is 52.2 Å². The Kier molecular flexibility index (Phi) is 6.98. The molecular formula is C28H24N2O6S. The van der Waals surface area contributed by atoms with Crippen LogP contribution in [-0.4, -0.2) is 49.5 Å².